The van der Waals surface area contributed by atoms with E-state index < -0.39 is 11.7 Å². The summed E-state index contributed by atoms with van der Waals surface area (Å²) in [5.41, 5.74) is 0.895. The summed E-state index contributed by atoms with van der Waals surface area (Å²) >= 11 is 0. The van der Waals surface area contributed by atoms with Crippen LogP contribution in [0.15, 0.2) is 73.6 Å². The number of halogens is 3. The van der Waals surface area contributed by atoms with Crippen LogP contribution in [0.25, 0.3) is 11.4 Å². The van der Waals surface area contributed by atoms with E-state index in [2.05, 4.69) is 11.7 Å². The summed E-state index contributed by atoms with van der Waals surface area (Å²) < 4.78 is 52.5. The number of rotatable bonds is 6. The van der Waals surface area contributed by atoms with E-state index in [-0.39, 0.29) is 5.76 Å². The van der Waals surface area contributed by atoms with Crippen molar-refractivity contribution < 1.29 is 22.6 Å². The number of methoxy groups -OCH3 is 1. The molecule has 0 fully saturated rings. The molecule has 0 saturated heterocycles. The van der Waals surface area contributed by atoms with Crippen molar-refractivity contribution in [1.82, 2.24) is 9.78 Å². The fourth-order valence-electron chi connectivity index (χ4n) is 2.76. The van der Waals surface area contributed by atoms with Crippen LogP contribution in [0, 0.1) is 6.92 Å². The van der Waals surface area contributed by atoms with Gasteiger partial charge >= 0.3 is 6.18 Å². The van der Waals surface area contributed by atoms with Gasteiger partial charge in [0.15, 0.2) is 0 Å². The van der Waals surface area contributed by atoms with Gasteiger partial charge in [0.2, 0.25) is 0 Å². The van der Waals surface area contributed by atoms with Gasteiger partial charge < -0.3 is 9.47 Å². The second-order valence-electron chi connectivity index (χ2n) is 6.21. The van der Waals surface area contributed by atoms with E-state index in [4.69, 9.17) is 9.47 Å². The Balaban J connectivity index is 2.04. The zero-order valence-electron chi connectivity index (χ0n) is 15.9. The third-order valence-corrected chi connectivity index (χ3v) is 4.20. The summed E-state index contributed by atoms with van der Waals surface area (Å²) in [6, 6.07) is 10.4. The van der Waals surface area contributed by atoms with Gasteiger partial charge in [0, 0.05) is 36.2 Å². The van der Waals surface area contributed by atoms with Crippen LogP contribution < -0.4 is 9.47 Å². The number of hydrogen-bond donors (Lipinski definition) is 0. The lowest BCUT2D eigenvalue weighted by Gasteiger charge is -2.16. The maximum absolute atomic E-state index is 13.2. The molecule has 7 heteroatoms. The lowest BCUT2D eigenvalue weighted by Crippen LogP contribution is -2.07. The molecule has 0 spiro atoms. The van der Waals surface area contributed by atoms with Crippen molar-refractivity contribution in [3.63, 3.8) is 0 Å². The number of benzene rings is 2. The molecule has 0 N–H and O–H groups in total. The zero-order chi connectivity index (χ0) is 21.0. The highest BCUT2D eigenvalue weighted by molar-refractivity contribution is 5.67. The number of hydrogen-bond acceptors (Lipinski definition) is 3. The maximum Gasteiger partial charge on any atom is 0.416 e. The third-order valence-electron chi connectivity index (χ3n) is 4.20. The molecular formula is C22H19F3N2O2. The van der Waals surface area contributed by atoms with E-state index in [0.717, 1.165) is 12.1 Å². The molecule has 0 atom stereocenters. The van der Waals surface area contributed by atoms with E-state index in [0.29, 0.717) is 28.3 Å². The van der Waals surface area contributed by atoms with Crippen molar-refractivity contribution in [3.05, 3.63) is 90.3 Å². The molecule has 0 radical (unpaired) electrons. The Morgan fingerprint density at radius 2 is 1.90 bits per heavy atom. The molecule has 4 nitrogen and oxygen atoms in total. The monoisotopic (exact) mass is 400 g/mol. The molecule has 2 aromatic carbocycles. The minimum atomic E-state index is -4.45. The normalized spacial score (nSPS) is 12.0. The van der Waals surface area contributed by atoms with Crippen molar-refractivity contribution in [1.29, 1.82) is 0 Å². The van der Waals surface area contributed by atoms with Gasteiger partial charge in [0.1, 0.15) is 17.3 Å². The summed E-state index contributed by atoms with van der Waals surface area (Å²) in [4.78, 5) is 0. The van der Waals surface area contributed by atoms with Gasteiger partial charge in [0.05, 0.1) is 18.4 Å². The van der Waals surface area contributed by atoms with Gasteiger partial charge in [0.25, 0.3) is 0 Å². The lowest BCUT2D eigenvalue weighted by atomic mass is 10.0. The van der Waals surface area contributed by atoms with E-state index in [9.17, 15) is 13.2 Å². The van der Waals surface area contributed by atoms with Gasteiger partial charge in [-0.1, -0.05) is 18.7 Å². The average molecular weight is 400 g/mol. The molecule has 29 heavy (non-hydrogen) atoms. The Hall–Kier alpha value is -3.48. The second-order valence-corrected chi connectivity index (χ2v) is 6.21. The number of alkyl halides is 3. The van der Waals surface area contributed by atoms with Crippen LogP contribution in [0.1, 0.15) is 16.7 Å². The molecule has 0 saturated carbocycles. The van der Waals surface area contributed by atoms with Crippen LogP contribution in [0.4, 0.5) is 13.2 Å². The Morgan fingerprint density at radius 1 is 1.14 bits per heavy atom. The lowest BCUT2D eigenvalue weighted by molar-refractivity contribution is -0.137. The van der Waals surface area contributed by atoms with E-state index in [1.54, 1.807) is 48.3 Å². The predicted molar refractivity (Wildman–Crippen MR) is 105 cm³/mol. The Kier molecular flexibility index (Phi) is 5.77. The van der Waals surface area contributed by atoms with Gasteiger partial charge in [-0.3, -0.25) is 0 Å². The fraction of sp³-hybridized carbons (Fsp3) is 0.136. The molecule has 0 amide bonds. The summed E-state index contributed by atoms with van der Waals surface area (Å²) in [6.45, 7) is 5.36. The van der Waals surface area contributed by atoms with Crippen LogP contribution in [0.3, 0.4) is 0 Å². The van der Waals surface area contributed by atoms with Crippen molar-refractivity contribution >= 4 is 5.76 Å². The highest BCUT2D eigenvalue weighted by Crippen LogP contribution is 2.34. The first-order chi connectivity index (χ1) is 13.8. The van der Waals surface area contributed by atoms with Crippen LogP contribution >= 0.6 is 0 Å². The Labute approximate surface area is 166 Å². The molecule has 0 unspecified atom stereocenters. The first-order valence-electron chi connectivity index (χ1n) is 8.69. The van der Waals surface area contributed by atoms with E-state index in [1.807, 2.05) is 0 Å². The molecule has 0 aliphatic heterocycles. The quantitative estimate of drug-likeness (QED) is 0.387. The Bertz CT molecular complexity index is 1040. The number of aryl methyl sites for hydroxylation is 1. The molecule has 150 valence electrons. The van der Waals surface area contributed by atoms with E-state index in [1.165, 1.54) is 25.3 Å². The predicted octanol–water partition coefficient (Wildman–Crippen LogP) is 5.81. The standard InChI is InChI=1S/C22H19F3N2O2/c1-4-6-21(20-11-16(22(23,24)25)8-7-15(20)2)29-19-13-17(12-18(14-19)28-3)27-10-5-9-26-27/h4-14H,1H2,2-3H3/b21-6+. The van der Waals surface area contributed by atoms with Gasteiger partial charge in [-0.05, 0) is 36.8 Å². The second kappa shape index (κ2) is 8.26. The van der Waals surface area contributed by atoms with Gasteiger partial charge in [-0.15, -0.1) is 0 Å². The van der Waals surface area contributed by atoms with Crippen molar-refractivity contribution in [3.8, 4) is 17.2 Å². The van der Waals surface area contributed by atoms with Gasteiger partial charge in [-0.25, -0.2) is 4.68 Å². The smallest absolute Gasteiger partial charge is 0.416 e. The molecule has 1 aromatic heterocycles. The number of allylic oxidation sites excluding steroid dienone is 2. The maximum atomic E-state index is 13.2. The zero-order valence-corrected chi connectivity index (χ0v) is 15.9. The summed E-state index contributed by atoms with van der Waals surface area (Å²) in [5.74, 6) is 1.15. The number of ether oxygens (including phenoxy) is 2. The first kappa shape index (κ1) is 20.3. The molecular weight excluding hydrogens is 381 g/mol. The Morgan fingerprint density at radius 3 is 2.52 bits per heavy atom. The largest absolute Gasteiger partial charge is 0.497 e. The summed E-state index contributed by atoms with van der Waals surface area (Å²) in [7, 11) is 1.52. The molecule has 3 aromatic rings. The summed E-state index contributed by atoms with van der Waals surface area (Å²) in [5, 5.41) is 4.18. The molecule has 0 aliphatic carbocycles. The molecule has 1 heterocycles. The van der Waals surface area contributed by atoms with Gasteiger partial charge in [-0.2, -0.15) is 18.3 Å². The fourth-order valence-corrected chi connectivity index (χ4v) is 2.76. The molecule has 0 bridgehead atoms. The third kappa shape index (κ3) is 4.68. The highest BCUT2D eigenvalue weighted by Gasteiger charge is 2.31. The van der Waals surface area contributed by atoms with Crippen molar-refractivity contribution in [2.24, 2.45) is 0 Å². The van der Waals surface area contributed by atoms with Crippen molar-refractivity contribution in [2.75, 3.05) is 7.11 Å². The molecule has 3 rings (SSSR count). The number of nitrogens with zero attached hydrogens (tertiary/aromatic N) is 2. The average Bonchev–Trinajstić information content (AvgIpc) is 3.22. The van der Waals surface area contributed by atoms with Crippen molar-refractivity contribution in [2.45, 2.75) is 13.1 Å². The minimum absolute atomic E-state index is 0.239. The number of aromatic nitrogens is 2. The van der Waals surface area contributed by atoms with Crippen LogP contribution in [0.2, 0.25) is 0 Å². The highest BCUT2D eigenvalue weighted by atomic mass is 19.4. The molecule has 0 aliphatic rings. The summed E-state index contributed by atoms with van der Waals surface area (Å²) in [6.07, 6.45) is 1.93. The minimum Gasteiger partial charge on any atom is -0.497 e. The first-order valence-corrected chi connectivity index (χ1v) is 8.69. The van der Waals surface area contributed by atoms with E-state index >= 15 is 0 Å². The van der Waals surface area contributed by atoms with Crippen LogP contribution in [-0.4, -0.2) is 16.9 Å². The van der Waals surface area contributed by atoms with Crippen LogP contribution in [0.5, 0.6) is 11.5 Å². The topological polar surface area (TPSA) is 36.3 Å². The van der Waals surface area contributed by atoms with Crippen LogP contribution in [-0.2, 0) is 6.18 Å². The SMILES string of the molecule is C=C/C=C(/Oc1cc(OC)cc(-n2cccn2)c1)c1cc(C(F)(F)F)ccc1C.